The van der Waals surface area contributed by atoms with E-state index in [0.29, 0.717) is 11.9 Å². The first-order valence-corrected chi connectivity index (χ1v) is 6.01. The molecule has 0 spiro atoms. The lowest BCUT2D eigenvalue weighted by molar-refractivity contribution is -0.00564. The Morgan fingerprint density at radius 3 is 3.12 bits per heavy atom. The number of halogens is 1. The van der Waals surface area contributed by atoms with E-state index in [9.17, 15) is 0 Å². The molecule has 0 saturated carbocycles. The maximum absolute atomic E-state index is 5.70. The van der Waals surface area contributed by atoms with Crippen molar-refractivity contribution in [1.29, 1.82) is 0 Å². The number of anilines is 1. The molecule has 2 rings (SSSR count). The number of ether oxygens (including phenoxy) is 1. The molecule has 5 heteroatoms. The Bertz CT molecular complexity index is 356. The third-order valence-electron chi connectivity index (χ3n) is 3.10. The molecule has 16 heavy (non-hydrogen) atoms. The molecule has 0 radical (unpaired) electrons. The average molecular weight is 245 g/mol. The van der Waals surface area contributed by atoms with Crippen LogP contribution in [-0.2, 0) is 10.6 Å². The first-order valence-electron chi connectivity index (χ1n) is 5.47. The van der Waals surface area contributed by atoms with Crippen molar-refractivity contribution in [2.75, 3.05) is 25.1 Å². The summed E-state index contributed by atoms with van der Waals surface area (Å²) in [5.41, 5.74) is 0.676. The van der Waals surface area contributed by atoms with Gasteiger partial charge in [-0.25, -0.2) is 0 Å². The van der Waals surface area contributed by atoms with Crippen LogP contribution in [0, 0.1) is 0 Å². The minimum absolute atomic E-state index is 0.103. The van der Waals surface area contributed by atoms with E-state index < -0.39 is 0 Å². The molecule has 1 aliphatic heterocycles. The van der Waals surface area contributed by atoms with Crippen molar-refractivity contribution < 1.29 is 9.15 Å². The number of alkyl halides is 1. The van der Waals surface area contributed by atoms with Crippen LogP contribution in [0.2, 0.25) is 0 Å². The summed E-state index contributed by atoms with van der Waals surface area (Å²) < 4.78 is 10.9. The Morgan fingerprint density at radius 2 is 2.50 bits per heavy atom. The predicted molar refractivity (Wildman–Crippen MR) is 62.9 cm³/mol. The van der Waals surface area contributed by atoms with Crippen molar-refractivity contribution in [3.63, 3.8) is 0 Å². The fourth-order valence-electron chi connectivity index (χ4n) is 2.04. The zero-order valence-electron chi connectivity index (χ0n) is 9.70. The van der Waals surface area contributed by atoms with Crippen LogP contribution in [0.5, 0.6) is 0 Å². The van der Waals surface area contributed by atoms with Gasteiger partial charge >= 0.3 is 0 Å². The predicted octanol–water partition coefficient (Wildman–Crippen LogP) is 2.42. The van der Waals surface area contributed by atoms with E-state index in [4.69, 9.17) is 20.8 Å². The monoisotopic (exact) mass is 244 g/mol. The molecular formula is C11H17ClN2O2. The average Bonchev–Trinajstić information content (AvgIpc) is 2.78. The summed E-state index contributed by atoms with van der Waals surface area (Å²) in [6.07, 6.45) is 3.77. The summed E-state index contributed by atoms with van der Waals surface area (Å²) in [5.74, 6) is 0.388. The lowest BCUT2D eigenvalue weighted by atomic mass is 9.95. The van der Waals surface area contributed by atoms with Gasteiger partial charge in [-0.2, -0.15) is 4.98 Å². The van der Waals surface area contributed by atoms with Crippen molar-refractivity contribution >= 4 is 17.6 Å². The van der Waals surface area contributed by atoms with Crippen LogP contribution in [0.25, 0.3) is 0 Å². The Morgan fingerprint density at radius 1 is 1.69 bits per heavy atom. The fraction of sp³-hybridized carbons (Fsp3) is 0.727. The number of hydrogen-bond donors (Lipinski definition) is 0. The van der Waals surface area contributed by atoms with Crippen LogP contribution in [-0.4, -0.2) is 30.8 Å². The SMILES string of the molecule is COC1(C)CCCN(c2nc(CCl)co2)C1. The van der Waals surface area contributed by atoms with E-state index in [0.717, 1.165) is 31.6 Å². The highest BCUT2D eigenvalue weighted by atomic mass is 35.5. The highest BCUT2D eigenvalue weighted by Crippen LogP contribution is 2.27. The van der Waals surface area contributed by atoms with Gasteiger partial charge in [0.15, 0.2) is 0 Å². The standard InChI is InChI=1S/C11H17ClN2O2/c1-11(15-2)4-3-5-14(8-11)10-13-9(6-12)7-16-10/h7H,3-6,8H2,1-2H3. The third-order valence-corrected chi connectivity index (χ3v) is 3.37. The Labute approximate surface area is 101 Å². The van der Waals surface area contributed by atoms with E-state index in [2.05, 4.69) is 16.8 Å². The molecule has 1 aliphatic rings. The van der Waals surface area contributed by atoms with Crippen LogP contribution in [0.1, 0.15) is 25.5 Å². The summed E-state index contributed by atoms with van der Waals surface area (Å²) in [6.45, 7) is 3.89. The maximum atomic E-state index is 5.70. The number of methoxy groups -OCH3 is 1. The molecule has 0 N–H and O–H groups in total. The van der Waals surface area contributed by atoms with Gasteiger partial charge in [-0.3, -0.25) is 0 Å². The summed E-state index contributed by atoms with van der Waals surface area (Å²) >= 11 is 5.70. The van der Waals surface area contributed by atoms with Gasteiger partial charge in [0, 0.05) is 13.7 Å². The van der Waals surface area contributed by atoms with E-state index in [1.165, 1.54) is 0 Å². The van der Waals surface area contributed by atoms with Gasteiger partial charge in [0.25, 0.3) is 6.01 Å². The zero-order chi connectivity index (χ0) is 11.6. The molecule has 0 aliphatic carbocycles. The minimum Gasteiger partial charge on any atom is -0.432 e. The Hall–Kier alpha value is -0.740. The Kier molecular flexibility index (Phi) is 3.40. The van der Waals surface area contributed by atoms with Crippen LogP contribution < -0.4 is 4.90 Å². The van der Waals surface area contributed by atoms with Gasteiger partial charge in [0.1, 0.15) is 6.26 Å². The Balaban J connectivity index is 2.09. The second-order valence-electron chi connectivity index (χ2n) is 4.43. The molecule has 1 unspecified atom stereocenters. The molecule has 1 fully saturated rings. The summed E-state index contributed by atoms with van der Waals surface area (Å²) in [7, 11) is 1.75. The molecule has 0 aromatic carbocycles. The number of oxazole rings is 1. The van der Waals surface area contributed by atoms with Crippen molar-refractivity contribution in [2.24, 2.45) is 0 Å². The topological polar surface area (TPSA) is 38.5 Å². The first-order chi connectivity index (χ1) is 7.67. The lowest BCUT2D eigenvalue weighted by Gasteiger charge is -2.38. The highest BCUT2D eigenvalue weighted by molar-refractivity contribution is 6.16. The molecular weight excluding hydrogens is 228 g/mol. The molecule has 1 aromatic heterocycles. The molecule has 1 aromatic rings. The maximum Gasteiger partial charge on any atom is 0.297 e. The molecule has 1 atom stereocenters. The van der Waals surface area contributed by atoms with Gasteiger partial charge in [-0.15, -0.1) is 11.6 Å². The third kappa shape index (κ3) is 2.33. The quantitative estimate of drug-likeness (QED) is 0.766. The van der Waals surface area contributed by atoms with Crippen LogP contribution in [0.15, 0.2) is 10.7 Å². The van der Waals surface area contributed by atoms with Crippen molar-refractivity contribution in [3.05, 3.63) is 12.0 Å². The summed E-state index contributed by atoms with van der Waals surface area (Å²) in [4.78, 5) is 6.44. The van der Waals surface area contributed by atoms with Crippen LogP contribution in [0.4, 0.5) is 6.01 Å². The van der Waals surface area contributed by atoms with Gasteiger partial charge in [-0.05, 0) is 19.8 Å². The minimum atomic E-state index is -0.103. The second-order valence-corrected chi connectivity index (χ2v) is 4.70. The van der Waals surface area contributed by atoms with Crippen LogP contribution >= 0.6 is 11.6 Å². The molecule has 0 bridgehead atoms. The number of hydrogen-bond acceptors (Lipinski definition) is 4. The van der Waals surface area contributed by atoms with E-state index in [1.54, 1.807) is 13.4 Å². The van der Waals surface area contributed by atoms with E-state index in [1.807, 2.05) is 0 Å². The second kappa shape index (κ2) is 4.63. The number of rotatable bonds is 3. The number of nitrogens with zero attached hydrogens (tertiary/aromatic N) is 2. The molecule has 1 saturated heterocycles. The van der Waals surface area contributed by atoms with Crippen molar-refractivity contribution in [3.8, 4) is 0 Å². The molecule has 90 valence electrons. The molecule has 2 heterocycles. The van der Waals surface area contributed by atoms with Gasteiger partial charge in [0.05, 0.1) is 23.7 Å². The highest BCUT2D eigenvalue weighted by Gasteiger charge is 2.32. The fourth-order valence-corrected chi connectivity index (χ4v) is 2.16. The molecule has 4 nitrogen and oxygen atoms in total. The summed E-state index contributed by atoms with van der Waals surface area (Å²) in [5, 5.41) is 0. The van der Waals surface area contributed by atoms with Gasteiger partial charge in [0.2, 0.25) is 0 Å². The normalized spacial score (nSPS) is 26.1. The molecule has 0 amide bonds. The number of piperidine rings is 1. The number of aromatic nitrogens is 1. The van der Waals surface area contributed by atoms with E-state index in [-0.39, 0.29) is 5.60 Å². The van der Waals surface area contributed by atoms with E-state index >= 15 is 0 Å². The zero-order valence-corrected chi connectivity index (χ0v) is 10.5. The smallest absolute Gasteiger partial charge is 0.297 e. The van der Waals surface area contributed by atoms with Gasteiger partial charge in [-0.1, -0.05) is 0 Å². The first kappa shape index (κ1) is 11.7. The van der Waals surface area contributed by atoms with Crippen molar-refractivity contribution in [2.45, 2.75) is 31.2 Å². The lowest BCUT2D eigenvalue weighted by Crippen LogP contribution is -2.47. The van der Waals surface area contributed by atoms with Crippen LogP contribution in [0.3, 0.4) is 0 Å². The van der Waals surface area contributed by atoms with Gasteiger partial charge < -0.3 is 14.1 Å². The summed E-state index contributed by atoms with van der Waals surface area (Å²) in [6, 6.07) is 0.652. The largest absolute Gasteiger partial charge is 0.432 e. The van der Waals surface area contributed by atoms with Crippen molar-refractivity contribution in [1.82, 2.24) is 4.98 Å².